The van der Waals surface area contributed by atoms with E-state index in [1.165, 1.54) is 0 Å². The van der Waals surface area contributed by atoms with Crippen molar-refractivity contribution in [3.63, 3.8) is 0 Å². The quantitative estimate of drug-likeness (QED) is 0.753. The van der Waals surface area contributed by atoms with Gasteiger partial charge in [-0.2, -0.15) is 0 Å². The number of hydrogen-bond donors (Lipinski definition) is 1. The van der Waals surface area contributed by atoms with Gasteiger partial charge in [0.05, 0.1) is 6.10 Å². The van der Waals surface area contributed by atoms with Crippen molar-refractivity contribution in [3.8, 4) is 0 Å². The summed E-state index contributed by atoms with van der Waals surface area (Å²) in [5.74, 6) is 0.230. The minimum absolute atomic E-state index is 0.0181. The molecule has 0 saturated carbocycles. The van der Waals surface area contributed by atoms with Gasteiger partial charge < -0.3 is 10.0 Å². The highest BCUT2D eigenvalue weighted by atomic mass is 35.5. The van der Waals surface area contributed by atoms with E-state index in [1.807, 2.05) is 13.8 Å². The number of hydrogen-bond acceptors (Lipinski definition) is 2. The zero-order valence-corrected chi connectivity index (χ0v) is 10.2. The molecule has 15 heavy (non-hydrogen) atoms. The number of alkyl halides is 1. The molecular formula is C11H20ClNO2. The van der Waals surface area contributed by atoms with Crippen molar-refractivity contribution in [2.24, 2.45) is 5.92 Å². The molecule has 1 rings (SSSR count). The van der Waals surface area contributed by atoms with E-state index in [-0.39, 0.29) is 17.9 Å². The van der Waals surface area contributed by atoms with E-state index in [0.717, 1.165) is 6.42 Å². The molecule has 1 amide bonds. The fourth-order valence-electron chi connectivity index (χ4n) is 1.99. The summed E-state index contributed by atoms with van der Waals surface area (Å²) < 4.78 is 0. The Balaban J connectivity index is 2.54. The molecule has 1 saturated heterocycles. The van der Waals surface area contributed by atoms with Crippen LogP contribution >= 0.6 is 11.6 Å². The lowest BCUT2D eigenvalue weighted by molar-refractivity contribution is -0.134. The first kappa shape index (κ1) is 12.8. The third-order valence-corrected chi connectivity index (χ3v) is 3.65. The van der Waals surface area contributed by atoms with E-state index in [2.05, 4.69) is 0 Å². The summed E-state index contributed by atoms with van der Waals surface area (Å²) in [6, 6.07) is 0. The highest BCUT2D eigenvalue weighted by Crippen LogP contribution is 2.21. The number of rotatable bonds is 3. The second kappa shape index (κ2) is 5.71. The molecule has 0 spiro atoms. The summed E-state index contributed by atoms with van der Waals surface area (Å²) in [7, 11) is 0. The van der Waals surface area contributed by atoms with Gasteiger partial charge in [0.25, 0.3) is 0 Å². The van der Waals surface area contributed by atoms with Crippen LogP contribution in [0.1, 0.15) is 33.1 Å². The van der Waals surface area contributed by atoms with Crippen LogP contribution in [0.5, 0.6) is 0 Å². The van der Waals surface area contributed by atoms with Crippen molar-refractivity contribution in [3.05, 3.63) is 0 Å². The number of piperidine rings is 1. The maximum Gasteiger partial charge on any atom is 0.240 e. The summed E-state index contributed by atoms with van der Waals surface area (Å²) in [5, 5.41) is 9.29. The smallest absolute Gasteiger partial charge is 0.240 e. The first-order valence-electron chi connectivity index (χ1n) is 5.71. The Morgan fingerprint density at radius 2 is 2.27 bits per heavy atom. The zero-order valence-electron chi connectivity index (χ0n) is 9.45. The van der Waals surface area contributed by atoms with Crippen LogP contribution in [-0.4, -0.2) is 40.5 Å². The van der Waals surface area contributed by atoms with Crippen molar-refractivity contribution >= 4 is 17.5 Å². The summed E-state index contributed by atoms with van der Waals surface area (Å²) in [6.45, 7) is 5.24. The van der Waals surface area contributed by atoms with Crippen LogP contribution in [0.2, 0.25) is 0 Å². The molecule has 0 unspecified atom stereocenters. The van der Waals surface area contributed by atoms with Crippen LogP contribution < -0.4 is 0 Å². The number of carbonyl (C=O) groups is 1. The van der Waals surface area contributed by atoms with Crippen LogP contribution in [0.3, 0.4) is 0 Å². The van der Waals surface area contributed by atoms with Gasteiger partial charge in [-0.1, -0.05) is 13.8 Å². The molecule has 0 aromatic heterocycles. The molecule has 0 aliphatic carbocycles. The average Bonchev–Trinajstić information content (AvgIpc) is 2.27. The van der Waals surface area contributed by atoms with Gasteiger partial charge in [-0.3, -0.25) is 4.79 Å². The SMILES string of the molecule is CC[C@H]1CN(C(=O)[C@@H](Cl)CC)CC[C@H]1O. The number of amides is 1. The summed E-state index contributed by atoms with van der Waals surface area (Å²) in [5.41, 5.74) is 0. The third kappa shape index (κ3) is 3.08. The second-order valence-corrected chi connectivity index (χ2v) is 4.71. The standard InChI is InChI=1S/C11H20ClNO2/c1-3-8-7-13(6-5-10(8)14)11(15)9(12)4-2/h8-10,14H,3-7H2,1-2H3/t8-,9-,10+/m0/s1. The van der Waals surface area contributed by atoms with E-state index >= 15 is 0 Å². The zero-order chi connectivity index (χ0) is 11.4. The Kier molecular flexibility index (Phi) is 4.87. The molecule has 1 aliphatic heterocycles. The lowest BCUT2D eigenvalue weighted by atomic mass is 9.92. The number of likely N-dealkylation sites (tertiary alicyclic amines) is 1. The summed E-state index contributed by atoms with van der Waals surface area (Å²) in [4.78, 5) is 13.6. The molecule has 1 N–H and O–H groups in total. The van der Waals surface area contributed by atoms with Gasteiger partial charge in [0.2, 0.25) is 5.91 Å². The van der Waals surface area contributed by atoms with E-state index in [1.54, 1.807) is 4.90 Å². The van der Waals surface area contributed by atoms with Crippen molar-refractivity contribution in [2.45, 2.75) is 44.6 Å². The molecule has 0 aromatic rings. The first-order valence-corrected chi connectivity index (χ1v) is 6.14. The van der Waals surface area contributed by atoms with Crippen LogP contribution in [0.15, 0.2) is 0 Å². The molecule has 3 atom stereocenters. The largest absolute Gasteiger partial charge is 0.393 e. The number of halogens is 1. The van der Waals surface area contributed by atoms with Crippen LogP contribution in [0.4, 0.5) is 0 Å². The van der Waals surface area contributed by atoms with Gasteiger partial charge in [-0.05, 0) is 19.3 Å². The Morgan fingerprint density at radius 1 is 1.60 bits per heavy atom. The maximum atomic E-state index is 11.8. The lowest BCUT2D eigenvalue weighted by Crippen LogP contribution is -2.48. The van der Waals surface area contributed by atoms with Gasteiger partial charge >= 0.3 is 0 Å². The topological polar surface area (TPSA) is 40.5 Å². The number of aliphatic hydroxyl groups is 1. The Morgan fingerprint density at radius 3 is 2.80 bits per heavy atom. The summed E-state index contributed by atoms with van der Waals surface area (Å²) in [6.07, 6.45) is 1.99. The van der Waals surface area contributed by atoms with E-state index < -0.39 is 5.38 Å². The van der Waals surface area contributed by atoms with Crippen LogP contribution in [0, 0.1) is 5.92 Å². The Bertz CT molecular complexity index is 223. The van der Waals surface area contributed by atoms with Crippen molar-refractivity contribution < 1.29 is 9.90 Å². The third-order valence-electron chi connectivity index (χ3n) is 3.16. The molecule has 0 radical (unpaired) electrons. The molecule has 1 aliphatic rings. The molecular weight excluding hydrogens is 214 g/mol. The summed E-state index contributed by atoms with van der Waals surface area (Å²) >= 11 is 5.92. The number of aliphatic hydroxyl groups excluding tert-OH is 1. The molecule has 1 fully saturated rings. The predicted molar refractivity (Wildman–Crippen MR) is 60.9 cm³/mol. The first-order chi connectivity index (χ1) is 7.10. The fraction of sp³-hybridized carbons (Fsp3) is 0.909. The molecule has 88 valence electrons. The fourth-order valence-corrected chi connectivity index (χ4v) is 2.13. The minimum atomic E-state index is -0.405. The van der Waals surface area contributed by atoms with Gasteiger partial charge in [0.1, 0.15) is 5.38 Å². The number of carbonyl (C=O) groups excluding carboxylic acids is 1. The van der Waals surface area contributed by atoms with Gasteiger partial charge in [0, 0.05) is 19.0 Å². The van der Waals surface area contributed by atoms with Crippen molar-refractivity contribution in [1.82, 2.24) is 4.90 Å². The normalized spacial score (nSPS) is 28.9. The minimum Gasteiger partial charge on any atom is -0.393 e. The molecule has 4 heteroatoms. The average molecular weight is 234 g/mol. The molecule has 0 bridgehead atoms. The van der Waals surface area contributed by atoms with Crippen LogP contribution in [-0.2, 0) is 4.79 Å². The highest BCUT2D eigenvalue weighted by Gasteiger charge is 2.30. The maximum absolute atomic E-state index is 11.8. The molecule has 1 heterocycles. The molecule has 0 aromatic carbocycles. The monoisotopic (exact) mass is 233 g/mol. The Hall–Kier alpha value is -0.280. The van der Waals surface area contributed by atoms with Gasteiger partial charge in [-0.25, -0.2) is 0 Å². The van der Waals surface area contributed by atoms with Crippen molar-refractivity contribution in [2.75, 3.05) is 13.1 Å². The Labute approximate surface area is 96.4 Å². The molecule has 3 nitrogen and oxygen atoms in total. The lowest BCUT2D eigenvalue weighted by Gasteiger charge is -2.36. The second-order valence-electron chi connectivity index (χ2n) is 4.18. The number of nitrogens with zero attached hydrogens (tertiary/aromatic N) is 1. The predicted octanol–water partition coefficient (Wildman–Crippen LogP) is 1.62. The van der Waals surface area contributed by atoms with E-state index in [9.17, 15) is 9.90 Å². The van der Waals surface area contributed by atoms with Crippen LogP contribution in [0.25, 0.3) is 0 Å². The van der Waals surface area contributed by atoms with Crippen molar-refractivity contribution in [1.29, 1.82) is 0 Å². The highest BCUT2D eigenvalue weighted by molar-refractivity contribution is 6.30. The van der Waals surface area contributed by atoms with E-state index in [4.69, 9.17) is 11.6 Å². The van der Waals surface area contributed by atoms with Gasteiger partial charge in [0.15, 0.2) is 0 Å². The van der Waals surface area contributed by atoms with E-state index in [0.29, 0.717) is 25.9 Å². The van der Waals surface area contributed by atoms with Gasteiger partial charge in [-0.15, -0.1) is 11.6 Å².